The quantitative estimate of drug-likeness (QED) is 0.359. The van der Waals surface area contributed by atoms with Crippen LogP contribution in [0.5, 0.6) is 0 Å². The lowest BCUT2D eigenvalue weighted by Gasteiger charge is -2.38. The molecule has 0 aromatic carbocycles. The molecule has 2 saturated heterocycles. The van der Waals surface area contributed by atoms with Crippen LogP contribution >= 0.6 is 0 Å². The summed E-state index contributed by atoms with van der Waals surface area (Å²) in [5, 5.41) is 0. The third kappa shape index (κ3) is 5.06. The van der Waals surface area contributed by atoms with E-state index in [0.29, 0.717) is 11.8 Å². The number of allylic oxidation sites excluding steroid dienone is 2. The average Bonchev–Trinajstić information content (AvgIpc) is 2.93. The van der Waals surface area contributed by atoms with E-state index in [-0.39, 0.29) is 42.4 Å². The fraction of sp³-hybridized carbons (Fsp3) is 0.917. The smallest absolute Gasteiger partial charge is 0.403 e. The molecule has 0 aromatic heterocycles. The van der Waals surface area contributed by atoms with E-state index < -0.39 is 8.80 Å². The minimum absolute atomic E-state index is 0.0545. The molecule has 3 rings (SSSR count). The van der Waals surface area contributed by atoms with Gasteiger partial charge in [0.1, 0.15) is 0 Å². The number of hydrogen-bond acceptors (Lipinski definition) is 4. The normalized spacial score (nSPS) is 30.2. The van der Waals surface area contributed by atoms with Crippen molar-refractivity contribution in [2.24, 2.45) is 11.8 Å². The van der Waals surface area contributed by atoms with E-state index in [1.165, 1.54) is 24.5 Å². The van der Waals surface area contributed by atoms with Crippen LogP contribution in [0.3, 0.4) is 0 Å². The van der Waals surface area contributed by atoms with Crippen molar-refractivity contribution in [2.75, 3.05) is 0 Å². The highest BCUT2D eigenvalue weighted by molar-refractivity contribution is 6.69. The molecule has 1 radical (unpaired) electrons. The Kier molecular flexibility index (Phi) is 7.10. The highest BCUT2D eigenvalue weighted by Crippen LogP contribution is 2.51. The molecule has 31 heavy (non-hydrogen) atoms. The molecule has 0 N–H and O–H groups in total. The lowest BCUT2D eigenvalue weighted by atomic mass is 9.45. The van der Waals surface area contributed by atoms with E-state index in [2.05, 4.69) is 81.5 Å². The van der Waals surface area contributed by atoms with Gasteiger partial charge in [0.15, 0.2) is 0 Å². The van der Waals surface area contributed by atoms with Gasteiger partial charge in [0.05, 0.1) is 22.4 Å². The summed E-state index contributed by atoms with van der Waals surface area (Å²) in [6, 6.07) is 1.22. The Labute approximate surface area is 194 Å². The first kappa shape index (κ1) is 25.5. The van der Waals surface area contributed by atoms with Crippen LogP contribution in [0.15, 0.2) is 11.6 Å². The Balaban J connectivity index is 1.99. The molecular formula is C24H45B2O4Si. The van der Waals surface area contributed by atoms with Gasteiger partial charge in [-0.1, -0.05) is 30.8 Å². The van der Waals surface area contributed by atoms with Gasteiger partial charge >= 0.3 is 14.2 Å². The summed E-state index contributed by atoms with van der Waals surface area (Å²) in [5.41, 5.74) is 0.132. The molecule has 0 spiro atoms. The molecule has 3 aliphatic rings. The van der Waals surface area contributed by atoms with E-state index in [0.717, 1.165) is 6.42 Å². The Bertz CT molecular complexity index is 621. The monoisotopic (exact) mass is 447 g/mol. The van der Waals surface area contributed by atoms with Crippen LogP contribution in [0.2, 0.25) is 24.9 Å². The highest BCUT2D eigenvalue weighted by Gasteiger charge is 2.63. The van der Waals surface area contributed by atoms with Crippen LogP contribution in [0, 0.1) is 11.8 Å². The van der Waals surface area contributed by atoms with Crippen LogP contribution in [-0.4, -0.2) is 45.4 Å². The Morgan fingerprint density at radius 2 is 1.29 bits per heavy atom. The van der Waals surface area contributed by atoms with E-state index in [1.807, 2.05) is 0 Å². The average molecular weight is 447 g/mol. The van der Waals surface area contributed by atoms with E-state index >= 15 is 0 Å². The van der Waals surface area contributed by atoms with Crippen molar-refractivity contribution in [3.63, 3.8) is 0 Å². The summed E-state index contributed by atoms with van der Waals surface area (Å²) in [6.45, 7) is 24.3. The second-order valence-corrected chi connectivity index (χ2v) is 15.3. The summed E-state index contributed by atoms with van der Waals surface area (Å²) < 4.78 is 26.7. The molecule has 175 valence electrons. The first-order valence-electron chi connectivity index (χ1n) is 12.2. The summed E-state index contributed by atoms with van der Waals surface area (Å²) in [4.78, 5) is 0. The SMILES string of the molecule is CC1=CCC(C(C[Si](C)C)C(B2OC(C)(C)C(C)(C)O2)B2OC(C)(C)C(C)(C)O2)CC1. The lowest BCUT2D eigenvalue weighted by Crippen LogP contribution is -2.45. The zero-order valence-corrected chi connectivity index (χ0v) is 22.9. The van der Waals surface area contributed by atoms with Crippen molar-refractivity contribution >= 4 is 23.0 Å². The van der Waals surface area contributed by atoms with Crippen molar-refractivity contribution in [1.82, 2.24) is 0 Å². The molecule has 2 atom stereocenters. The van der Waals surface area contributed by atoms with Gasteiger partial charge in [-0.05, 0) is 93.4 Å². The standard InChI is InChI=1S/C24H45B2O4Si/c1-17-12-14-18(15-13-17)19(16-31(10)11)20(25-27-21(2,3)22(4,5)28-25)26-29-23(6,7)24(8,9)30-26/h12,18-20H,13-16H2,1-11H3. The van der Waals surface area contributed by atoms with E-state index in [4.69, 9.17) is 18.6 Å². The van der Waals surface area contributed by atoms with Crippen LogP contribution in [0.25, 0.3) is 0 Å². The zero-order chi connectivity index (χ0) is 23.4. The van der Waals surface area contributed by atoms with Crippen molar-refractivity contribution in [3.8, 4) is 0 Å². The Morgan fingerprint density at radius 3 is 1.61 bits per heavy atom. The van der Waals surface area contributed by atoms with Gasteiger partial charge in [-0.15, -0.1) is 0 Å². The first-order chi connectivity index (χ1) is 14.1. The minimum atomic E-state index is -0.454. The summed E-state index contributed by atoms with van der Waals surface area (Å²) in [7, 11) is -1.10. The maximum absolute atomic E-state index is 6.66. The summed E-state index contributed by atoms with van der Waals surface area (Å²) in [5.74, 6) is 1.07. The molecular weight excluding hydrogens is 402 g/mol. The van der Waals surface area contributed by atoms with E-state index in [9.17, 15) is 0 Å². The van der Waals surface area contributed by atoms with Gasteiger partial charge in [0.2, 0.25) is 0 Å². The second-order valence-electron chi connectivity index (χ2n) is 12.5. The van der Waals surface area contributed by atoms with Gasteiger partial charge < -0.3 is 18.6 Å². The summed E-state index contributed by atoms with van der Waals surface area (Å²) >= 11 is 0. The van der Waals surface area contributed by atoms with Gasteiger partial charge in [-0.3, -0.25) is 0 Å². The maximum Gasteiger partial charge on any atom is 0.459 e. The zero-order valence-electron chi connectivity index (χ0n) is 21.9. The van der Waals surface area contributed by atoms with Gasteiger partial charge in [0, 0.05) is 14.5 Å². The molecule has 0 saturated carbocycles. The fourth-order valence-corrected chi connectivity index (χ4v) is 6.63. The number of rotatable bonds is 6. The Hall–Kier alpha value is -0.0732. The van der Waals surface area contributed by atoms with Gasteiger partial charge in [-0.2, -0.15) is 0 Å². The molecule has 2 aliphatic heterocycles. The third-order valence-electron chi connectivity index (χ3n) is 8.59. The largest absolute Gasteiger partial charge is 0.459 e. The highest BCUT2D eigenvalue weighted by atomic mass is 28.3. The van der Waals surface area contributed by atoms with Gasteiger partial charge in [-0.25, -0.2) is 0 Å². The van der Waals surface area contributed by atoms with Crippen LogP contribution in [0.4, 0.5) is 0 Å². The topological polar surface area (TPSA) is 36.9 Å². The predicted molar refractivity (Wildman–Crippen MR) is 133 cm³/mol. The number of hydrogen-bond donors (Lipinski definition) is 0. The van der Waals surface area contributed by atoms with Crippen LogP contribution in [0.1, 0.15) is 81.6 Å². The fourth-order valence-electron chi connectivity index (χ4n) is 5.09. The molecule has 0 bridgehead atoms. The van der Waals surface area contributed by atoms with Crippen molar-refractivity contribution in [1.29, 1.82) is 0 Å². The summed E-state index contributed by atoms with van der Waals surface area (Å²) in [6.07, 6.45) is 6.01. The van der Waals surface area contributed by atoms with E-state index in [1.54, 1.807) is 0 Å². The molecule has 2 unspecified atom stereocenters. The Morgan fingerprint density at radius 1 is 0.871 bits per heavy atom. The molecule has 7 heteroatoms. The van der Waals surface area contributed by atoms with Crippen molar-refractivity contribution in [2.45, 2.75) is 129 Å². The molecule has 0 aromatic rings. The van der Waals surface area contributed by atoms with Crippen molar-refractivity contribution in [3.05, 3.63) is 11.6 Å². The lowest BCUT2D eigenvalue weighted by molar-refractivity contribution is 0.00578. The van der Waals surface area contributed by atoms with Crippen LogP contribution in [-0.2, 0) is 18.6 Å². The maximum atomic E-state index is 6.66. The van der Waals surface area contributed by atoms with Crippen LogP contribution < -0.4 is 0 Å². The molecule has 0 amide bonds. The minimum Gasteiger partial charge on any atom is -0.403 e. The first-order valence-corrected chi connectivity index (χ1v) is 14.9. The van der Waals surface area contributed by atoms with Crippen molar-refractivity contribution < 1.29 is 18.6 Å². The molecule has 1 aliphatic carbocycles. The predicted octanol–water partition coefficient (Wildman–Crippen LogP) is 6.20. The second kappa shape index (κ2) is 8.61. The van der Waals surface area contributed by atoms with Gasteiger partial charge in [0.25, 0.3) is 0 Å². The molecule has 2 heterocycles. The molecule has 4 nitrogen and oxygen atoms in total. The molecule has 2 fully saturated rings. The third-order valence-corrected chi connectivity index (χ3v) is 9.88.